The molecule has 0 aliphatic heterocycles. The fourth-order valence-electron chi connectivity index (χ4n) is 3.90. The molecule has 0 unspecified atom stereocenters. The smallest absolute Gasteiger partial charge is 0.282 e. The lowest BCUT2D eigenvalue weighted by Gasteiger charge is -2.09. The first-order valence-corrected chi connectivity index (χ1v) is 10.9. The molecule has 5 rings (SSSR count). The summed E-state index contributed by atoms with van der Waals surface area (Å²) in [6, 6.07) is 7.70. The van der Waals surface area contributed by atoms with Crippen molar-refractivity contribution in [2.24, 2.45) is 5.10 Å². The minimum absolute atomic E-state index is 0.0724. The normalized spacial score (nSPS) is 13.5. The monoisotopic (exact) mass is 450 g/mol. The van der Waals surface area contributed by atoms with E-state index in [-0.39, 0.29) is 11.2 Å². The fourth-order valence-corrected chi connectivity index (χ4v) is 5.12. The summed E-state index contributed by atoms with van der Waals surface area (Å²) in [5, 5.41) is 15.9. The maximum Gasteiger partial charge on any atom is 0.282 e. The van der Waals surface area contributed by atoms with Gasteiger partial charge in [-0.2, -0.15) is 9.78 Å². The molecule has 162 valence electrons. The van der Waals surface area contributed by atoms with Crippen molar-refractivity contribution in [2.75, 3.05) is 7.11 Å². The molecule has 0 N–H and O–H groups in total. The SMILES string of the molecule is COc1cc([N+](=O)[O-])ccc1-c1ccc(/C=N\n2cnc3sc4c(c3c2=O)CCCC4)o1. The molecule has 4 aromatic rings. The molecule has 0 radical (unpaired) electrons. The van der Waals surface area contributed by atoms with Crippen LogP contribution in [0.4, 0.5) is 5.69 Å². The van der Waals surface area contributed by atoms with E-state index >= 15 is 0 Å². The van der Waals surface area contributed by atoms with Gasteiger partial charge in [0.1, 0.15) is 28.4 Å². The van der Waals surface area contributed by atoms with Crippen LogP contribution in [0, 0.1) is 10.1 Å². The van der Waals surface area contributed by atoms with Crippen LogP contribution in [0.25, 0.3) is 21.5 Å². The van der Waals surface area contributed by atoms with Crippen LogP contribution in [-0.2, 0) is 12.8 Å². The Morgan fingerprint density at radius 3 is 2.94 bits per heavy atom. The molecular formula is C22H18N4O5S. The molecule has 0 saturated carbocycles. The Morgan fingerprint density at radius 2 is 2.12 bits per heavy atom. The van der Waals surface area contributed by atoms with Gasteiger partial charge in [0.15, 0.2) is 0 Å². The van der Waals surface area contributed by atoms with E-state index in [1.807, 2.05) is 0 Å². The molecular weight excluding hydrogens is 432 g/mol. The van der Waals surface area contributed by atoms with Crippen molar-refractivity contribution in [1.82, 2.24) is 9.66 Å². The number of furan rings is 1. The highest BCUT2D eigenvalue weighted by molar-refractivity contribution is 7.18. The first-order chi connectivity index (χ1) is 15.5. The topological polar surface area (TPSA) is 113 Å². The molecule has 32 heavy (non-hydrogen) atoms. The summed E-state index contributed by atoms with van der Waals surface area (Å²) >= 11 is 1.60. The third kappa shape index (κ3) is 3.48. The van der Waals surface area contributed by atoms with E-state index in [0.29, 0.717) is 28.2 Å². The molecule has 1 aliphatic rings. The van der Waals surface area contributed by atoms with E-state index in [4.69, 9.17) is 9.15 Å². The number of hydrogen-bond acceptors (Lipinski definition) is 8. The summed E-state index contributed by atoms with van der Waals surface area (Å²) in [5.41, 5.74) is 1.43. The van der Waals surface area contributed by atoms with Crippen LogP contribution in [0.5, 0.6) is 5.75 Å². The van der Waals surface area contributed by atoms with Crippen LogP contribution in [0.15, 0.2) is 51.0 Å². The Kier molecular flexibility index (Phi) is 5.06. The zero-order chi connectivity index (χ0) is 22.2. The Labute approximate surface area is 185 Å². The molecule has 9 nitrogen and oxygen atoms in total. The Hall–Kier alpha value is -3.79. The molecule has 0 spiro atoms. The van der Waals surface area contributed by atoms with Gasteiger partial charge in [-0.15, -0.1) is 11.3 Å². The lowest BCUT2D eigenvalue weighted by molar-refractivity contribution is -0.384. The van der Waals surface area contributed by atoms with Crippen molar-refractivity contribution < 1.29 is 14.1 Å². The van der Waals surface area contributed by atoms with Crippen molar-refractivity contribution >= 4 is 33.5 Å². The molecule has 3 aromatic heterocycles. The van der Waals surface area contributed by atoms with Gasteiger partial charge in [0.25, 0.3) is 11.2 Å². The lowest BCUT2D eigenvalue weighted by atomic mass is 9.97. The molecule has 0 amide bonds. The molecule has 1 aliphatic carbocycles. The summed E-state index contributed by atoms with van der Waals surface area (Å²) in [6.45, 7) is 0. The van der Waals surface area contributed by atoms with Gasteiger partial charge in [0, 0.05) is 10.9 Å². The summed E-state index contributed by atoms with van der Waals surface area (Å²) in [7, 11) is 1.44. The molecule has 0 fully saturated rings. The molecule has 3 heterocycles. The third-order valence-electron chi connectivity index (χ3n) is 5.46. The lowest BCUT2D eigenvalue weighted by Crippen LogP contribution is -2.17. The average molecular weight is 450 g/mol. The molecule has 0 atom stereocenters. The number of nitro groups is 1. The van der Waals surface area contributed by atoms with E-state index in [1.165, 1.54) is 41.3 Å². The van der Waals surface area contributed by atoms with Crippen LogP contribution in [0.2, 0.25) is 0 Å². The maximum absolute atomic E-state index is 13.0. The number of aryl methyl sites for hydroxylation is 2. The van der Waals surface area contributed by atoms with Gasteiger partial charge < -0.3 is 9.15 Å². The number of rotatable bonds is 5. The van der Waals surface area contributed by atoms with Crippen LogP contribution in [-0.4, -0.2) is 27.9 Å². The van der Waals surface area contributed by atoms with Gasteiger partial charge in [-0.1, -0.05) is 0 Å². The van der Waals surface area contributed by atoms with Gasteiger partial charge in [-0.3, -0.25) is 14.9 Å². The highest BCUT2D eigenvalue weighted by Gasteiger charge is 2.20. The predicted molar refractivity (Wildman–Crippen MR) is 121 cm³/mol. The highest BCUT2D eigenvalue weighted by atomic mass is 32.1. The highest BCUT2D eigenvalue weighted by Crippen LogP contribution is 2.35. The standard InChI is InChI=1S/C22H18N4O5S/c1-30-18-10-13(26(28)29)6-8-15(18)17-9-7-14(31-17)11-24-25-12-23-21-20(22(25)27)16-4-2-3-5-19(16)32-21/h6-12H,2-5H2,1H3/b24-11-. The van der Waals surface area contributed by atoms with Gasteiger partial charge in [0.2, 0.25) is 0 Å². The number of ether oxygens (including phenoxy) is 1. The van der Waals surface area contributed by atoms with Crippen LogP contribution in [0.3, 0.4) is 0 Å². The molecule has 10 heteroatoms. The minimum atomic E-state index is -0.486. The van der Waals surface area contributed by atoms with E-state index in [0.717, 1.165) is 36.1 Å². The molecule has 0 bridgehead atoms. The van der Waals surface area contributed by atoms with Gasteiger partial charge in [0.05, 0.1) is 35.3 Å². The second kappa shape index (κ2) is 8.04. The number of nitro benzene ring substituents is 1. The van der Waals surface area contributed by atoms with Crippen LogP contribution < -0.4 is 10.3 Å². The van der Waals surface area contributed by atoms with Gasteiger partial charge >= 0.3 is 0 Å². The Bertz CT molecular complexity index is 1430. The number of nitrogens with zero attached hydrogens (tertiary/aromatic N) is 4. The zero-order valence-corrected chi connectivity index (χ0v) is 17.9. The van der Waals surface area contributed by atoms with Crippen molar-refractivity contribution in [3.63, 3.8) is 0 Å². The van der Waals surface area contributed by atoms with E-state index in [2.05, 4.69) is 10.1 Å². The number of fused-ring (bicyclic) bond motifs is 3. The van der Waals surface area contributed by atoms with Crippen LogP contribution >= 0.6 is 11.3 Å². The largest absolute Gasteiger partial charge is 0.496 e. The average Bonchev–Trinajstić information content (AvgIpc) is 3.43. The second-order valence-electron chi connectivity index (χ2n) is 7.37. The zero-order valence-electron chi connectivity index (χ0n) is 17.1. The van der Waals surface area contributed by atoms with Crippen molar-refractivity contribution in [3.8, 4) is 17.1 Å². The van der Waals surface area contributed by atoms with Crippen molar-refractivity contribution in [2.45, 2.75) is 25.7 Å². The minimum Gasteiger partial charge on any atom is -0.496 e. The fraction of sp³-hybridized carbons (Fsp3) is 0.227. The van der Waals surface area contributed by atoms with Crippen molar-refractivity contribution in [1.29, 1.82) is 0 Å². The number of hydrogen-bond donors (Lipinski definition) is 0. The van der Waals surface area contributed by atoms with Crippen LogP contribution in [0.1, 0.15) is 29.0 Å². The number of thiophene rings is 1. The second-order valence-corrected chi connectivity index (χ2v) is 8.46. The van der Waals surface area contributed by atoms with E-state index in [1.54, 1.807) is 29.5 Å². The summed E-state index contributed by atoms with van der Waals surface area (Å²) in [6.07, 6.45) is 6.99. The first kappa shape index (κ1) is 20.1. The quantitative estimate of drug-likeness (QED) is 0.253. The van der Waals surface area contributed by atoms with E-state index < -0.39 is 4.92 Å². The third-order valence-corrected chi connectivity index (χ3v) is 6.66. The van der Waals surface area contributed by atoms with Gasteiger partial charge in [-0.05, 0) is 49.4 Å². The molecule has 0 saturated heterocycles. The van der Waals surface area contributed by atoms with E-state index in [9.17, 15) is 14.9 Å². The number of benzene rings is 1. The van der Waals surface area contributed by atoms with Gasteiger partial charge in [-0.25, -0.2) is 4.98 Å². The predicted octanol–water partition coefficient (Wildman–Crippen LogP) is 4.40. The van der Waals surface area contributed by atoms with Crippen molar-refractivity contribution in [3.05, 3.63) is 73.3 Å². The number of aromatic nitrogens is 2. The summed E-state index contributed by atoms with van der Waals surface area (Å²) < 4.78 is 12.3. The first-order valence-electron chi connectivity index (χ1n) is 10.0. The summed E-state index contributed by atoms with van der Waals surface area (Å²) in [5.74, 6) is 1.20. The number of methoxy groups -OCH3 is 1. The maximum atomic E-state index is 13.0. The summed E-state index contributed by atoms with van der Waals surface area (Å²) in [4.78, 5) is 29.9. The Balaban J connectivity index is 1.46. The number of non-ortho nitro benzene ring substituents is 1. The molecule has 1 aromatic carbocycles. The Morgan fingerprint density at radius 1 is 1.28 bits per heavy atom.